The Morgan fingerprint density at radius 2 is 1.95 bits per heavy atom. The van der Waals surface area contributed by atoms with Gasteiger partial charge in [0.05, 0.1) is 12.8 Å². The molecule has 1 heterocycles. The molecule has 0 bridgehead atoms. The SMILES string of the molecule is COc1ccc2c(c1)/C(=C/Br)OC(c1ccccc1)=N2. The predicted octanol–water partition coefficient (Wildman–Crippen LogP) is 4.50. The third-order valence-corrected chi connectivity index (χ3v) is 3.43. The number of aliphatic imine (C=N–C) groups is 1. The van der Waals surface area contributed by atoms with Crippen molar-refractivity contribution in [3.63, 3.8) is 0 Å². The van der Waals surface area contributed by atoms with E-state index in [1.54, 1.807) is 12.1 Å². The molecule has 1 aliphatic rings. The second-order valence-corrected chi connectivity index (χ2v) is 4.70. The van der Waals surface area contributed by atoms with Crippen LogP contribution in [0.1, 0.15) is 11.1 Å². The van der Waals surface area contributed by atoms with Crippen LogP contribution in [0.2, 0.25) is 0 Å². The zero-order chi connectivity index (χ0) is 13.9. The minimum Gasteiger partial charge on any atom is -0.497 e. The van der Waals surface area contributed by atoms with Gasteiger partial charge < -0.3 is 9.47 Å². The van der Waals surface area contributed by atoms with E-state index in [1.807, 2.05) is 48.5 Å². The van der Waals surface area contributed by atoms with E-state index in [4.69, 9.17) is 9.47 Å². The summed E-state index contributed by atoms with van der Waals surface area (Å²) in [5.74, 6) is 2.08. The Kier molecular flexibility index (Phi) is 3.56. The summed E-state index contributed by atoms with van der Waals surface area (Å²) in [5.41, 5.74) is 2.71. The molecule has 0 saturated carbocycles. The average Bonchev–Trinajstić information content (AvgIpc) is 2.54. The molecule has 0 aromatic heterocycles. The molecule has 0 saturated heterocycles. The summed E-state index contributed by atoms with van der Waals surface area (Å²) in [4.78, 5) is 6.32. The van der Waals surface area contributed by atoms with Crippen LogP contribution in [-0.4, -0.2) is 13.0 Å². The van der Waals surface area contributed by atoms with Gasteiger partial charge in [-0.1, -0.05) is 34.1 Å². The second-order valence-electron chi connectivity index (χ2n) is 4.24. The zero-order valence-corrected chi connectivity index (χ0v) is 12.4. The zero-order valence-electron chi connectivity index (χ0n) is 10.8. The normalized spacial score (nSPS) is 15.3. The van der Waals surface area contributed by atoms with Crippen LogP contribution in [0.3, 0.4) is 0 Å². The Morgan fingerprint density at radius 3 is 2.65 bits per heavy atom. The fourth-order valence-corrected chi connectivity index (χ4v) is 2.35. The molecule has 0 unspecified atom stereocenters. The van der Waals surface area contributed by atoms with Gasteiger partial charge in [0.25, 0.3) is 0 Å². The van der Waals surface area contributed by atoms with Crippen LogP contribution in [0, 0.1) is 0 Å². The van der Waals surface area contributed by atoms with Crippen LogP contribution >= 0.6 is 15.9 Å². The topological polar surface area (TPSA) is 30.8 Å². The maximum absolute atomic E-state index is 5.86. The van der Waals surface area contributed by atoms with Gasteiger partial charge in [-0.2, -0.15) is 0 Å². The molecule has 2 aromatic rings. The number of hydrogen-bond acceptors (Lipinski definition) is 3. The lowest BCUT2D eigenvalue weighted by Gasteiger charge is -2.19. The highest BCUT2D eigenvalue weighted by atomic mass is 79.9. The van der Waals surface area contributed by atoms with Gasteiger partial charge in [0.15, 0.2) is 0 Å². The number of hydrogen-bond donors (Lipinski definition) is 0. The summed E-state index contributed by atoms with van der Waals surface area (Å²) in [6, 6.07) is 15.6. The Labute approximate surface area is 125 Å². The molecule has 0 amide bonds. The van der Waals surface area contributed by atoms with E-state index in [-0.39, 0.29) is 0 Å². The number of halogens is 1. The fourth-order valence-electron chi connectivity index (χ4n) is 2.01. The Bertz CT molecular complexity index is 693. The van der Waals surface area contributed by atoms with Gasteiger partial charge in [0.1, 0.15) is 11.5 Å². The number of rotatable bonds is 2. The quantitative estimate of drug-likeness (QED) is 0.812. The molecule has 2 aromatic carbocycles. The van der Waals surface area contributed by atoms with E-state index in [1.165, 1.54) is 0 Å². The van der Waals surface area contributed by atoms with Crippen molar-refractivity contribution in [1.29, 1.82) is 0 Å². The van der Waals surface area contributed by atoms with E-state index < -0.39 is 0 Å². The maximum atomic E-state index is 5.86. The molecule has 0 N–H and O–H groups in total. The van der Waals surface area contributed by atoms with E-state index in [0.29, 0.717) is 11.7 Å². The predicted molar refractivity (Wildman–Crippen MR) is 83.6 cm³/mol. The summed E-state index contributed by atoms with van der Waals surface area (Å²) < 4.78 is 11.1. The molecule has 100 valence electrons. The molecule has 3 nitrogen and oxygen atoms in total. The molecule has 4 heteroatoms. The fraction of sp³-hybridized carbons (Fsp3) is 0.0625. The smallest absolute Gasteiger partial charge is 0.227 e. The molecule has 0 spiro atoms. The standard InChI is InChI=1S/C16H12BrNO2/c1-19-12-7-8-14-13(9-12)15(10-17)20-16(18-14)11-5-3-2-4-6-11/h2-10H,1H3/b15-10-. The monoisotopic (exact) mass is 329 g/mol. The summed E-state index contributed by atoms with van der Waals surface area (Å²) in [5, 5.41) is 0. The Hall–Kier alpha value is -2.07. The molecule has 0 fully saturated rings. The van der Waals surface area contributed by atoms with Crippen molar-refractivity contribution in [2.75, 3.05) is 7.11 Å². The van der Waals surface area contributed by atoms with Gasteiger partial charge in [0, 0.05) is 16.1 Å². The van der Waals surface area contributed by atoms with Crippen LogP contribution in [0.5, 0.6) is 5.75 Å². The average molecular weight is 330 g/mol. The first-order chi connectivity index (χ1) is 9.81. The third kappa shape index (κ3) is 2.34. The van der Waals surface area contributed by atoms with Crippen LogP contribution < -0.4 is 4.74 Å². The molecule has 20 heavy (non-hydrogen) atoms. The van der Waals surface area contributed by atoms with Gasteiger partial charge in [-0.3, -0.25) is 0 Å². The molecule has 3 rings (SSSR count). The van der Waals surface area contributed by atoms with Gasteiger partial charge in [-0.05, 0) is 30.3 Å². The first-order valence-electron chi connectivity index (χ1n) is 6.12. The number of benzene rings is 2. The van der Waals surface area contributed by atoms with Crippen molar-refractivity contribution >= 4 is 33.3 Å². The van der Waals surface area contributed by atoms with Crippen molar-refractivity contribution in [2.24, 2.45) is 4.99 Å². The van der Waals surface area contributed by atoms with Gasteiger partial charge >= 0.3 is 0 Å². The van der Waals surface area contributed by atoms with Crippen molar-refractivity contribution < 1.29 is 9.47 Å². The minimum absolute atomic E-state index is 0.592. The summed E-state index contributed by atoms with van der Waals surface area (Å²) in [6.07, 6.45) is 0. The van der Waals surface area contributed by atoms with Crippen LogP contribution in [-0.2, 0) is 4.74 Å². The number of fused-ring (bicyclic) bond motifs is 1. The molecular weight excluding hydrogens is 318 g/mol. The molecule has 0 atom stereocenters. The second kappa shape index (κ2) is 5.51. The minimum atomic E-state index is 0.592. The van der Waals surface area contributed by atoms with Crippen LogP contribution in [0.15, 0.2) is 58.5 Å². The molecule has 1 aliphatic heterocycles. The first kappa shape index (κ1) is 12.9. The Morgan fingerprint density at radius 1 is 1.15 bits per heavy atom. The van der Waals surface area contributed by atoms with Gasteiger partial charge in [-0.15, -0.1) is 0 Å². The highest BCUT2D eigenvalue weighted by Gasteiger charge is 2.20. The lowest BCUT2D eigenvalue weighted by atomic mass is 10.1. The molecule has 0 radical (unpaired) electrons. The van der Waals surface area contributed by atoms with Gasteiger partial charge in [0.2, 0.25) is 5.90 Å². The highest BCUT2D eigenvalue weighted by molar-refractivity contribution is 9.11. The number of ether oxygens (including phenoxy) is 2. The summed E-state index contributed by atoms with van der Waals surface area (Å²) in [6.45, 7) is 0. The molecule has 0 aliphatic carbocycles. The van der Waals surface area contributed by atoms with E-state index in [9.17, 15) is 0 Å². The third-order valence-electron chi connectivity index (χ3n) is 3.02. The van der Waals surface area contributed by atoms with E-state index in [2.05, 4.69) is 20.9 Å². The number of methoxy groups -OCH3 is 1. The summed E-state index contributed by atoms with van der Waals surface area (Å²) in [7, 11) is 1.64. The first-order valence-corrected chi connectivity index (χ1v) is 7.04. The van der Waals surface area contributed by atoms with Crippen LogP contribution in [0.4, 0.5) is 5.69 Å². The number of nitrogens with zero attached hydrogens (tertiary/aromatic N) is 1. The maximum Gasteiger partial charge on any atom is 0.227 e. The van der Waals surface area contributed by atoms with Gasteiger partial charge in [-0.25, -0.2) is 4.99 Å². The Balaban J connectivity index is 2.11. The van der Waals surface area contributed by atoms with E-state index in [0.717, 1.165) is 22.6 Å². The van der Waals surface area contributed by atoms with Crippen LogP contribution in [0.25, 0.3) is 5.76 Å². The highest BCUT2D eigenvalue weighted by Crippen LogP contribution is 2.36. The van der Waals surface area contributed by atoms with Crippen molar-refractivity contribution in [2.45, 2.75) is 0 Å². The van der Waals surface area contributed by atoms with Crippen molar-refractivity contribution in [3.8, 4) is 5.75 Å². The molecular formula is C16H12BrNO2. The largest absolute Gasteiger partial charge is 0.497 e. The van der Waals surface area contributed by atoms with E-state index >= 15 is 0 Å². The lowest BCUT2D eigenvalue weighted by Crippen LogP contribution is -2.10. The van der Waals surface area contributed by atoms with Crippen molar-refractivity contribution in [3.05, 3.63) is 64.6 Å². The van der Waals surface area contributed by atoms with Crippen molar-refractivity contribution in [1.82, 2.24) is 0 Å². The summed E-state index contributed by atoms with van der Waals surface area (Å²) >= 11 is 3.34. The lowest BCUT2D eigenvalue weighted by molar-refractivity contribution is 0.414.